The second kappa shape index (κ2) is 8.05. The lowest BCUT2D eigenvalue weighted by molar-refractivity contribution is 0.414. The fourth-order valence-electron chi connectivity index (χ4n) is 1.25. The van der Waals surface area contributed by atoms with Crippen molar-refractivity contribution >= 4 is 17.5 Å². The standard InChI is InChI=1S/C12H14OS.C2H6/c1-4-5-12(14)11-7-6-10(13-3)8-9(11)2;1-2/h4-8,14H,1H2,2-3H3;1-2H3/b12-5-;. The molecule has 0 saturated heterocycles. The van der Waals surface area contributed by atoms with Gasteiger partial charge in [-0.3, -0.25) is 0 Å². The molecule has 0 spiro atoms. The molecule has 88 valence electrons. The molecule has 2 heteroatoms. The van der Waals surface area contributed by atoms with E-state index >= 15 is 0 Å². The number of methoxy groups -OCH3 is 1. The third-order valence-electron chi connectivity index (χ3n) is 1.99. The molecule has 1 rings (SSSR count). The summed E-state index contributed by atoms with van der Waals surface area (Å²) in [7, 11) is 1.66. The van der Waals surface area contributed by atoms with Gasteiger partial charge in [0.2, 0.25) is 0 Å². The first-order valence-electron chi connectivity index (χ1n) is 5.35. The molecule has 1 nitrogen and oxygen atoms in total. The van der Waals surface area contributed by atoms with E-state index in [9.17, 15) is 0 Å². The molecule has 0 saturated carbocycles. The zero-order valence-electron chi connectivity index (χ0n) is 10.4. The maximum atomic E-state index is 5.13. The molecular formula is C14H20OS. The normalized spacial score (nSPS) is 10.2. The van der Waals surface area contributed by atoms with Crippen LogP contribution in [0.15, 0.2) is 36.9 Å². The van der Waals surface area contributed by atoms with E-state index in [0.29, 0.717) is 0 Å². The van der Waals surface area contributed by atoms with Crippen LogP contribution < -0.4 is 4.74 Å². The van der Waals surface area contributed by atoms with Crippen molar-refractivity contribution in [3.05, 3.63) is 48.1 Å². The Balaban J connectivity index is 0.00000106. The van der Waals surface area contributed by atoms with Crippen LogP contribution in [-0.2, 0) is 0 Å². The van der Waals surface area contributed by atoms with Crippen LogP contribution in [0.4, 0.5) is 0 Å². The molecular weight excluding hydrogens is 216 g/mol. The summed E-state index contributed by atoms with van der Waals surface area (Å²) in [5.74, 6) is 0.867. The first-order valence-corrected chi connectivity index (χ1v) is 5.80. The van der Waals surface area contributed by atoms with Crippen molar-refractivity contribution < 1.29 is 4.74 Å². The van der Waals surface area contributed by atoms with Gasteiger partial charge in [0.1, 0.15) is 5.75 Å². The molecule has 16 heavy (non-hydrogen) atoms. The molecule has 0 unspecified atom stereocenters. The summed E-state index contributed by atoms with van der Waals surface area (Å²) in [5.41, 5.74) is 2.25. The van der Waals surface area contributed by atoms with Crippen LogP contribution in [0.5, 0.6) is 5.75 Å². The topological polar surface area (TPSA) is 9.23 Å². The van der Waals surface area contributed by atoms with Crippen molar-refractivity contribution in [2.75, 3.05) is 7.11 Å². The van der Waals surface area contributed by atoms with Crippen LogP contribution in [-0.4, -0.2) is 7.11 Å². The van der Waals surface area contributed by atoms with E-state index in [1.807, 2.05) is 45.0 Å². The highest BCUT2D eigenvalue weighted by atomic mass is 32.1. The van der Waals surface area contributed by atoms with Gasteiger partial charge in [0, 0.05) is 4.91 Å². The molecule has 0 radical (unpaired) electrons. The Morgan fingerprint density at radius 1 is 1.38 bits per heavy atom. The number of aryl methyl sites for hydroxylation is 1. The van der Waals surface area contributed by atoms with Gasteiger partial charge in [0.15, 0.2) is 0 Å². The summed E-state index contributed by atoms with van der Waals surface area (Å²) in [6.07, 6.45) is 3.60. The summed E-state index contributed by atoms with van der Waals surface area (Å²) >= 11 is 4.38. The second-order valence-corrected chi connectivity index (χ2v) is 3.45. The lowest BCUT2D eigenvalue weighted by Gasteiger charge is -2.07. The number of thiol groups is 1. The largest absolute Gasteiger partial charge is 0.497 e. The summed E-state index contributed by atoms with van der Waals surface area (Å²) in [4.78, 5) is 0.917. The van der Waals surface area contributed by atoms with Crippen molar-refractivity contribution in [3.8, 4) is 5.75 Å². The molecule has 1 aromatic carbocycles. The predicted octanol–water partition coefficient (Wildman–Crippen LogP) is 4.49. The molecule has 1 aromatic rings. The van der Waals surface area contributed by atoms with Crippen LogP contribution in [0.1, 0.15) is 25.0 Å². The van der Waals surface area contributed by atoms with Crippen molar-refractivity contribution in [1.29, 1.82) is 0 Å². The van der Waals surface area contributed by atoms with Gasteiger partial charge >= 0.3 is 0 Å². The molecule has 0 aliphatic rings. The molecule has 0 aliphatic carbocycles. The monoisotopic (exact) mass is 236 g/mol. The van der Waals surface area contributed by atoms with E-state index in [-0.39, 0.29) is 0 Å². The van der Waals surface area contributed by atoms with Gasteiger partial charge in [0.25, 0.3) is 0 Å². The van der Waals surface area contributed by atoms with Gasteiger partial charge in [-0.05, 0) is 42.3 Å². The summed E-state index contributed by atoms with van der Waals surface area (Å²) < 4.78 is 5.13. The summed E-state index contributed by atoms with van der Waals surface area (Å²) in [6, 6.07) is 5.91. The average Bonchev–Trinajstić information content (AvgIpc) is 2.31. The molecule has 0 amide bonds. The maximum absolute atomic E-state index is 5.13. The van der Waals surface area contributed by atoms with Crippen molar-refractivity contribution in [2.24, 2.45) is 0 Å². The third kappa shape index (κ3) is 4.15. The van der Waals surface area contributed by atoms with Crippen LogP contribution >= 0.6 is 12.6 Å². The van der Waals surface area contributed by atoms with Gasteiger partial charge in [-0.1, -0.05) is 26.5 Å². The van der Waals surface area contributed by atoms with Gasteiger partial charge < -0.3 is 4.74 Å². The molecule has 0 heterocycles. The van der Waals surface area contributed by atoms with Crippen molar-refractivity contribution in [3.63, 3.8) is 0 Å². The molecule has 0 aromatic heterocycles. The lowest BCUT2D eigenvalue weighted by atomic mass is 10.1. The predicted molar refractivity (Wildman–Crippen MR) is 76.2 cm³/mol. The van der Waals surface area contributed by atoms with Gasteiger partial charge in [0.05, 0.1) is 7.11 Å². The second-order valence-electron chi connectivity index (χ2n) is 2.97. The molecule has 0 aliphatic heterocycles. The number of hydrogen-bond acceptors (Lipinski definition) is 2. The van der Waals surface area contributed by atoms with E-state index < -0.39 is 0 Å². The fraction of sp³-hybridized carbons (Fsp3) is 0.286. The molecule has 0 bridgehead atoms. The Hall–Kier alpha value is -1.15. The quantitative estimate of drug-likeness (QED) is 0.601. The highest BCUT2D eigenvalue weighted by Crippen LogP contribution is 2.25. The minimum Gasteiger partial charge on any atom is -0.497 e. The first kappa shape index (κ1) is 14.8. The van der Waals surface area contributed by atoms with Crippen molar-refractivity contribution in [2.45, 2.75) is 20.8 Å². The Kier molecular flexibility index (Phi) is 7.48. The van der Waals surface area contributed by atoms with E-state index in [1.54, 1.807) is 13.2 Å². The smallest absolute Gasteiger partial charge is 0.119 e. The van der Waals surface area contributed by atoms with Crippen LogP contribution in [0, 0.1) is 6.92 Å². The van der Waals surface area contributed by atoms with Gasteiger partial charge in [-0.2, -0.15) is 0 Å². The van der Waals surface area contributed by atoms with E-state index in [0.717, 1.165) is 21.8 Å². The summed E-state index contributed by atoms with van der Waals surface area (Å²) in [5, 5.41) is 0. The average molecular weight is 236 g/mol. The number of rotatable bonds is 3. The van der Waals surface area contributed by atoms with E-state index in [1.165, 1.54) is 0 Å². The molecule has 0 atom stereocenters. The third-order valence-corrected chi connectivity index (χ3v) is 2.38. The maximum Gasteiger partial charge on any atom is 0.119 e. The Morgan fingerprint density at radius 3 is 2.44 bits per heavy atom. The Morgan fingerprint density at radius 2 is 2.00 bits per heavy atom. The minimum atomic E-state index is 0.867. The van der Waals surface area contributed by atoms with Gasteiger partial charge in [-0.15, -0.1) is 12.6 Å². The van der Waals surface area contributed by atoms with E-state index in [2.05, 4.69) is 19.2 Å². The zero-order valence-corrected chi connectivity index (χ0v) is 11.3. The van der Waals surface area contributed by atoms with Crippen molar-refractivity contribution in [1.82, 2.24) is 0 Å². The van der Waals surface area contributed by atoms with Crippen LogP contribution in [0.3, 0.4) is 0 Å². The summed E-state index contributed by atoms with van der Waals surface area (Å²) in [6.45, 7) is 9.67. The number of hydrogen-bond donors (Lipinski definition) is 1. The van der Waals surface area contributed by atoms with Gasteiger partial charge in [-0.25, -0.2) is 0 Å². The lowest BCUT2D eigenvalue weighted by Crippen LogP contribution is -1.87. The zero-order chi connectivity index (χ0) is 12.6. The number of benzene rings is 1. The highest BCUT2D eigenvalue weighted by molar-refractivity contribution is 7.90. The first-order chi connectivity index (χ1) is 7.69. The number of ether oxygens (including phenoxy) is 1. The minimum absolute atomic E-state index is 0.867. The molecule has 0 fully saturated rings. The number of allylic oxidation sites excluding steroid dienone is 2. The SMILES string of the molecule is C=C/C=C(\S)c1ccc(OC)cc1C.CC. The van der Waals surface area contributed by atoms with Crippen LogP contribution in [0.25, 0.3) is 4.91 Å². The van der Waals surface area contributed by atoms with E-state index in [4.69, 9.17) is 4.74 Å². The fourth-order valence-corrected chi connectivity index (χ4v) is 1.61. The highest BCUT2D eigenvalue weighted by Gasteiger charge is 2.01. The Labute approximate surface area is 104 Å². The Bertz CT molecular complexity index is 367. The van der Waals surface area contributed by atoms with Crippen LogP contribution in [0.2, 0.25) is 0 Å². The molecule has 0 N–H and O–H groups in total.